The predicted molar refractivity (Wildman–Crippen MR) is 111 cm³/mol. The maximum Gasteiger partial charge on any atom is 0.262 e. The zero-order valence-electron chi connectivity index (χ0n) is 15.2. The molecule has 0 spiro atoms. The number of aryl methyl sites for hydroxylation is 1. The summed E-state index contributed by atoms with van der Waals surface area (Å²) >= 11 is 5.17. The summed E-state index contributed by atoms with van der Waals surface area (Å²) in [5, 5.41) is 13.4. The van der Waals surface area contributed by atoms with Crippen molar-refractivity contribution in [3.63, 3.8) is 0 Å². The number of aromatic nitrogens is 2. The Morgan fingerprint density at radius 1 is 1.03 bits per heavy atom. The second-order valence-electron chi connectivity index (χ2n) is 6.51. The van der Waals surface area contributed by atoms with Gasteiger partial charge in [-0.1, -0.05) is 30.3 Å². The number of nitrogens with one attached hydrogen (secondary N) is 2. The Bertz CT molecular complexity index is 1320. The van der Waals surface area contributed by atoms with Gasteiger partial charge in [0.05, 0.1) is 16.9 Å². The third-order valence-corrected chi connectivity index (χ3v) is 4.95. The molecule has 8 heteroatoms. The van der Waals surface area contributed by atoms with Crippen LogP contribution in [0.15, 0.2) is 58.9 Å². The van der Waals surface area contributed by atoms with E-state index in [2.05, 4.69) is 10.3 Å². The van der Waals surface area contributed by atoms with Crippen LogP contribution in [0.5, 0.6) is 5.88 Å². The van der Waals surface area contributed by atoms with E-state index in [0.29, 0.717) is 16.9 Å². The molecule has 2 aromatic carbocycles. The van der Waals surface area contributed by atoms with Crippen molar-refractivity contribution in [2.45, 2.75) is 6.92 Å². The first-order valence-electron chi connectivity index (χ1n) is 8.69. The minimum Gasteiger partial charge on any atom is -0.494 e. The van der Waals surface area contributed by atoms with Crippen molar-refractivity contribution >= 4 is 35.7 Å². The number of carbonyl (C=O) groups excluding carboxylic acids is 2. The van der Waals surface area contributed by atoms with Crippen LogP contribution < -0.4 is 10.9 Å². The lowest BCUT2D eigenvalue weighted by atomic mass is 9.93. The zero-order chi connectivity index (χ0) is 20.7. The van der Waals surface area contributed by atoms with E-state index in [0.717, 1.165) is 11.6 Å². The molecule has 0 atom stereocenters. The lowest BCUT2D eigenvalue weighted by Crippen LogP contribution is -2.28. The molecular weight excluding hydrogens is 390 g/mol. The number of hydrogen-bond donors (Lipinski definition) is 3. The number of fused-ring (bicyclic) bond motifs is 1. The summed E-state index contributed by atoms with van der Waals surface area (Å²) in [5.41, 5.74) is 0.841. The number of nitrogens with zero attached hydrogens (tertiary/aromatic N) is 1. The molecule has 1 aliphatic rings. The Morgan fingerprint density at radius 3 is 2.48 bits per heavy atom. The molecule has 0 fully saturated rings. The molecule has 0 aliphatic carbocycles. The summed E-state index contributed by atoms with van der Waals surface area (Å²) in [5.74, 6) is -1.64. The highest BCUT2D eigenvalue weighted by Gasteiger charge is 2.30. The van der Waals surface area contributed by atoms with Gasteiger partial charge in [-0.15, -0.1) is 0 Å². The molecule has 1 aromatic heterocycles. The largest absolute Gasteiger partial charge is 0.494 e. The number of hydrogen-bond acceptors (Lipinski definition) is 5. The predicted octanol–water partition coefficient (Wildman–Crippen LogP) is 3.13. The Balaban J connectivity index is 1.92. The number of para-hydroxylation sites is 2. The van der Waals surface area contributed by atoms with Crippen molar-refractivity contribution in [1.82, 2.24) is 9.55 Å². The fourth-order valence-electron chi connectivity index (χ4n) is 3.21. The first-order valence-corrected chi connectivity index (χ1v) is 9.10. The fourth-order valence-corrected chi connectivity index (χ4v) is 3.50. The number of Topliss-reactive ketones (excluding diaryl/α,β-unsaturated/α-hetero) is 1. The second kappa shape index (κ2) is 6.99. The van der Waals surface area contributed by atoms with E-state index in [1.807, 2.05) is 0 Å². The number of H-pyrrole nitrogens is 1. The highest BCUT2D eigenvalue weighted by Crippen LogP contribution is 2.30. The van der Waals surface area contributed by atoms with E-state index in [-0.39, 0.29) is 15.9 Å². The summed E-state index contributed by atoms with van der Waals surface area (Å²) in [6, 6.07) is 13.8. The molecule has 7 nitrogen and oxygen atoms in total. The number of aromatic amines is 1. The van der Waals surface area contributed by atoms with Gasteiger partial charge in [0.2, 0.25) is 11.7 Å². The van der Waals surface area contributed by atoms with E-state index < -0.39 is 23.1 Å². The van der Waals surface area contributed by atoms with Crippen LogP contribution >= 0.6 is 12.2 Å². The van der Waals surface area contributed by atoms with Crippen LogP contribution in [0, 0.1) is 11.7 Å². The number of rotatable bonds is 2. The summed E-state index contributed by atoms with van der Waals surface area (Å²) in [6.07, 6.45) is 1.09. The van der Waals surface area contributed by atoms with Crippen LogP contribution in [-0.4, -0.2) is 26.3 Å². The average Bonchev–Trinajstić information content (AvgIpc) is 2.69. The molecule has 0 saturated heterocycles. The van der Waals surface area contributed by atoms with Crippen molar-refractivity contribution in [2.24, 2.45) is 0 Å². The number of benzene rings is 2. The first-order chi connectivity index (χ1) is 13.9. The molecule has 1 amide bonds. The number of carbonyl (C=O) groups is 2. The van der Waals surface area contributed by atoms with E-state index in [1.54, 1.807) is 55.5 Å². The molecule has 0 bridgehead atoms. The third kappa shape index (κ3) is 3.09. The number of anilines is 1. The standard InChI is InChI=1S/C21H15N3O4S/c1-11-6-5-9-13-16(11)22-18(26)14(17(13)25)10-15-19(27)23-21(29)24(20(15)28)12-7-3-2-4-8-12/h2-10,28H,1H3,(H,22,26)(H,23,27,29). The molecule has 0 radical (unpaired) electrons. The highest BCUT2D eigenvalue weighted by atomic mass is 32.1. The normalized spacial score (nSPS) is 14.6. The van der Waals surface area contributed by atoms with Gasteiger partial charge in [0.25, 0.3) is 11.5 Å². The van der Waals surface area contributed by atoms with Gasteiger partial charge in [-0.25, -0.2) is 0 Å². The van der Waals surface area contributed by atoms with Gasteiger partial charge in [0, 0.05) is 5.56 Å². The Hall–Kier alpha value is -3.78. The summed E-state index contributed by atoms with van der Waals surface area (Å²) in [4.78, 5) is 40.3. The highest BCUT2D eigenvalue weighted by molar-refractivity contribution is 7.71. The van der Waals surface area contributed by atoms with Crippen LogP contribution in [-0.2, 0) is 4.79 Å². The van der Waals surface area contributed by atoms with E-state index in [4.69, 9.17) is 12.2 Å². The minimum atomic E-state index is -0.706. The quantitative estimate of drug-likeness (QED) is 0.345. The van der Waals surface area contributed by atoms with Crippen molar-refractivity contribution in [3.8, 4) is 11.6 Å². The van der Waals surface area contributed by atoms with Gasteiger partial charge in [-0.2, -0.15) is 0 Å². The monoisotopic (exact) mass is 405 g/mol. The van der Waals surface area contributed by atoms with Gasteiger partial charge < -0.3 is 10.4 Å². The smallest absolute Gasteiger partial charge is 0.262 e. The lowest BCUT2D eigenvalue weighted by molar-refractivity contribution is -0.112. The number of aromatic hydroxyl groups is 1. The van der Waals surface area contributed by atoms with Gasteiger partial charge >= 0.3 is 0 Å². The Morgan fingerprint density at radius 2 is 1.76 bits per heavy atom. The Kier molecular flexibility index (Phi) is 4.48. The van der Waals surface area contributed by atoms with Gasteiger partial charge in [0.15, 0.2) is 4.77 Å². The zero-order valence-corrected chi connectivity index (χ0v) is 16.0. The van der Waals surface area contributed by atoms with Gasteiger partial charge in [-0.05, 0) is 49.0 Å². The molecule has 1 aliphatic heterocycles. The van der Waals surface area contributed by atoms with Crippen LogP contribution in [0.1, 0.15) is 21.5 Å². The van der Waals surface area contributed by atoms with Gasteiger partial charge in [0.1, 0.15) is 5.56 Å². The maximum absolute atomic E-state index is 12.9. The third-order valence-electron chi connectivity index (χ3n) is 4.67. The maximum atomic E-state index is 12.9. The SMILES string of the molecule is Cc1cccc2c1NC(=O)C(=Cc1c(O)n(-c3ccccc3)c(=S)[nH]c1=O)C2=O. The second-order valence-corrected chi connectivity index (χ2v) is 6.89. The van der Waals surface area contributed by atoms with E-state index in [1.165, 1.54) is 4.57 Å². The van der Waals surface area contributed by atoms with Crippen molar-refractivity contribution in [3.05, 3.63) is 85.9 Å². The molecular formula is C21H15N3O4S. The topological polar surface area (TPSA) is 104 Å². The molecule has 0 saturated carbocycles. The van der Waals surface area contributed by atoms with E-state index in [9.17, 15) is 19.5 Å². The summed E-state index contributed by atoms with van der Waals surface area (Å²) in [7, 11) is 0. The molecule has 0 unspecified atom stereocenters. The van der Waals surface area contributed by atoms with E-state index >= 15 is 0 Å². The first kappa shape index (κ1) is 18.6. The molecule has 3 N–H and O–H groups in total. The van der Waals surface area contributed by atoms with Crippen molar-refractivity contribution in [1.29, 1.82) is 0 Å². The molecule has 144 valence electrons. The van der Waals surface area contributed by atoms with Gasteiger partial charge in [-0.3, -0.25) is 23.9 Å². The van der Waals surface area contributed by atoms with Crippen LogP contribution in [0.2, 0.25) is 0 Å². The van der Waals surface area contributed by atoms with Crippen LogP contribution in [0.4, 0.5) is 5.69 Å². The molecule has 29 heavy (non-hydrogen) atoms. The molecule has 2 heterocycles. The molecule has 3 aromatic rings. The lowest BCUT2D eigenvalue weighted by Gasteiger charge is -2.20. The molecule has 4 rings (SSSR count). The number of ketones is 1. The number of amides is 1. The minimum absolute atomic E-state index is 0.0127. The summed E-state index contributed by atoms with van der Waals surface area (Å²) in [6.45, 7) is 1.78. The van der Waals surface area contributed by atoms with Crippen LogP contribution in [0.25, 0.3) is 11.8 Å². The fraction of sp³-hybridized carbons (Fsp3) is 0.0476. The summed E-state index contributed by atoms with van der Waals surface area (Å²) < 4.78 is 1.24. The Labute approximate surface area is 170 Å². The van der Waals surface area contributed by atoms with Crippen LogP contribution in [0.3, 0.4) is 0 Å². The average molecular weight is 405 g/mol. The van der Waals surface area contributed by atoms with Crippen molar-refractivity contribution < 1.29 is 14.7 Å². The van der Waals surface area contributed by atoms with Crippen molar-refractivity contribution in [2.75, 3.05) is 5.32 Å².